The molecule has 1 saturated carbocycles. The molecule has 4 N–H and O–H groups in total. The molecule has 0 spiro atoms. The number of carbonyl (C=O) groups is 1. The molecule has 1 aliphatic rings. The fraction of sp³-hybridized carbons (Fsp3) is 0.588. The van der Waals surface area contributed by atoms with Crippen LogP contribution in [-0.2, 0) is 0 Å². The van der Waals surface area contributed by atoms with Gasteiger partial charge in [0.1, 0.15) is 5.75 Å². The predicted molar refractivity (Wildman–Crippen MR) is 85.7 cm³/mol. The van der Waals surface area contributed by atoms with Crippen LogP contribution in [0, 0.1) is 0 Å². The minimum atomic E-state index is -0.824. The van der Waals surface area contributed by atoms with Crippen molar-refractivity contribution in [2.75, 3.05) is 6.54 Å². The number of amides is 2. The number of urea groups is 1. The molecule has 2 amide bonds. The first-order valence-electron chi connectivity index (χ1n) is 8.16. The quantitative estimate of drug-likeness (QED) is 0.690. The van der Waals surface area contributed by atoms with Crippen LogP contribution in [-0.4, -0.2) is 28.8 Å². The molecule has 1 unspecified atom stereocenters. The minimum absolute atomic E-state index is 0.107. The van der Waals surface area contributed by atoms with E-state index < -0.39 is 6.10 Å². The van der Waals surface area contributed by atoms with Crippen LogP contribution < -0.4 is 10.6 Å². The van der Waals surface area contributed by atoms with Gasteiger partial charge in [-0.15, -0.1) is 0 Å². The van der Waals surface area contributed by atoms with Crippen LogP contribution in [0.15, 0.2) is 24.3 Å². The number of nitrogens with one attached hydrogen (secondary N) is 2. The highest BCUT2D eigenvalue weighted by molar-refractivity contribution is 5.74. The topological polar surface area (TPSA) is 81.6 Å². The standard InChI is InChI=1S/C17H26N2O3/c20-15-10-6-7-13(11-15)16(21)12-18-17(22)19-14-8-4-2-1-3-5-9-14/h6-7,10-11,14,16,20-21H,1-5,8-9,12H2,(H2,18,19,22). The van der Waals surface area contributed by atoms with E-state index in [4.69, 9.17) is 0 Å². The molecule has 0 aromatic heterocycles. The highest BCUT2D eigenvalue weighted by Gasteiger charge is 2.15. The van der Waals surface area contributed by atoms with Crippen molar-refractivity contribution < 1.29 is 15.0 Å². The number of aliphatic hydroxyl groups is 1. The molecule has 1 aromatic rings. The van der Waals surface area contributed by atoms with Gasteiger partial charge in [0.05, 0.1) is 6.10 Å². The Labute approximate surface area is 131 Å². The summed E-state index contributed by atoms with van der Waals surface area (Å²) in [6.07, 6.45) is 7.36. The maximum absolute atomic E-state index is 11.9. The lowest BCUT2D eigenvalue weighted by atomic mass is 9.97. The first kappa shape index (κ1) is 16.6. The molecular formula is C17H26N2O3. The lowest BCUT2D eigenvalue weighted by Gasteiger charge is -2.21. The van der Waals surface area contributed by atoms with Gasteiger partial charge in [0.15, 0.2) is 0 Å². The monoisotopic (exact) mass is 306 g/mol. The second-order valence-electron chi connectivity index (χ2n) is 6.01. The van der Waals surface area contributed by atoms with E-state index in [0.717, 1.165) is 25.7 Å². The van der Waals surface area contributed by atoms with Crippen LogP contribution in [0.25, 0.3) is 0 Å². The predicted octanol–water partition coefficient (Wildman–Crippen LogP) is 2.84. The molecule has 5 nitrogen and oxygen atoms in total. The Kier molecular flexibility index (Phi) is 6.52. The Hall–Kier alpha value is -1.75. The zero-order valence-electron chi connectivity index (χ0n) is 12.9. The van der Waals surface area contributed by atoms with Gasteiger partial charge >= 0.3 is 6.03 Å². The molecule has 0 radical (unpaired) electrons. The average Bonchev–Trinajstić information content (AvgIpc) is 2.47. The summed E-state index contributed by atoms with van der Waals surface area (Å²) in [4.78, 5) is 11.9. The van der Waals surface area contributed by atoms with Crippen LogP contribution in [0.1, 0.15) is 56.6 Å². The molecule has 1 aliphatic carbocycles. The third-order valence-corrected chi connectivity index (χ3v) is 4.15. The highest BCUT2D eigenvalue weighted by Crippen LogP contribution is 2.18. The van der Waals surface area contributed by atoms with Gasteiger partial charge < -0.3 is 20.8 Å². The Morgan fingerprint density at radius 1 is 1.18 bits per heavy atom. The van der Waals surface area contributed by atoms with E-state index in [-0.39, 0.29) is 24.4 Å². The van der Waals surface area contributed by atoms with Crippen molar-refractivity contribution in [2.24, 2.45) is 0 Å². The lowest BCUT2D eigenvalue weighted by Crippen LogP contribution is -2.43. The summed E-state index contributed by atoms with van der Waals surface area (Å²) in [5.74, 6) is 0.107. The SMILES string of the molecule is O=C(NCC(O)c1cccc(O)c1)NC1CCCCCCC1. The molecule has 0 saturated heterocycles. The minimum Gasteiger partial charge on any atom is -0.508 e. The summed E-state index contributed by atoms with van der Waals surface area (Å²) in [6, 6.07) is 6.44. The van der Waals surface area contributed by atoms with Crippen molar-refractivity contribution in [3.05, 3.63) is 29.8 Å². The van der Waals surface area contributed by atoms with Crippen molar-refractivity contribution in [1.82, 2.24) is 10.6 Å². The van der Waals surface area contributed by atoms with Gasteiger partial charge in [-0.1, -0.05) is 44.2 Å². The molecule has 1 fully saturated rings. The van der Waals surface area contributed by atoms with Crippen LogP contribution in [0.4, 0.5) is 4.79 Å². The summed E-state index contributed by atoms with van der Waals surface area (Å²) in [5, 5.41) is 25.1. The van der Waals surface area contributed by atoms with E-state index in [1.165, 1.54) is 25.3 Å². The van der Waals surface area contributed by atoms with Crippen LogP contribution in [0.3, 0.4) is 0 Å². The van der Waals surface area contributed by atoms with Crippen LogP contribution in [0.2, 0.25) is 0 Å². The molecule has 22 heavy (non-hydrogen) atoms. The number of phenols is 1. The van der Waals surface area contributed by atoms with Gasteiger partial charge in [-0.05, 0) is 30.5 Å². The Morgan fingerprint density at radius 3 is 2.55 bits per heavy atom. The normalized spacial score (nSPS) is 18.0. The third-order valence-electron chi connectivity index (χ3n) is 4.15. The van der Waals surface area contributed by atoms with E-state index in [1.54, 1.807) is 18.2 Å². The Balaban J connectivity index is 1.74. The molecule has 122 valence electrons. The number of carbonyl (C=O) groups excluding carboxylic acids is 1. The molecule has 0 bridgehead atoms. The number of hydrogen-bond acceptors (Lipinski definition) is 3. The summed E-state index contributed by atoms with van der Waals surface area (Å²) in [5.41, 5.74) is 0.589. The smallest absolute Gasteiger partial charge is 0.315 e. The third kappa shape index (κ3) is 5.56. The van der Waals surface area contributed by atoms with Crippen molar-refractivity contribution in [3.63, 3.8) is 0 Å². The molecular weight excluding hydrogens is 280 g/mol. The fourth-order valence-electron chi connectivity index (χ4n) is 2.88. The molecule has 2 rings (SSSR count). The summed E-state index contributed by atoms with van der Waals surface area (Å²) in [7, 11) is 0. The van der Waals surface area contributed by atoms with Crippen molar-refractivity contribution in [1.29, 1.82) is 0 Å². The lowest BCUT2D eigenvalue weighted by molar-refractivity contribution is 0.172. The fourth-order valence-corrected chi connectivity index (χ4v) is 2.88. The van der Waals surface area contributed by atoms with Crippen molar-refractivity contribution >= 4 is 6.03 Å². The number of benzene rings is 1. The average molecular weight is 306 g/mol. The van der Waals surface area contributed by atoms with Crippen LogP contribution in [0.5, 0.6) is 5.75 Å². The Morgan fingerprint density at radius 2 is 1.86 bits per heavy atom. The van der Waals surface area contributed by atoms with Gasteiger partial charge in [-0.3, -0.25) is 0 Å². The first-order chi connectivity index (χ1) is 10.6. The van der Waals surface area contributed by atoms with E-state index >= 15 is 0 Å². The Bertz CT molecular complexity index is 471. The molecule has 1 aromatic carbocycles. The van der Waals surface area contributed by atoms with Gasteiger partial charge in [-0.2, -0.15) is 0 Å². The largest absolute Gasteiger partial charge is 0.508 e. The molecule has 1 atom stereocenters. The summed E-state index contributed by atoms with van der Waals surface area (Å²) in [6.45, 7) is 0.127. The maximum Gasteiger partial charge on any atom is 0.315 e. The van der Waals surface area contributed by atoms with Crippen LogP contribution >= 0.6 is 0 Å². The van der Waals surface area contributed by atoms with Gasteiger partial charge in [0, 0.05) is 12.6 Å². The summed E-state index contributed by atoms with van der Waals surface area (Å²) < 4.78 is 0. The van der Waals surface area contributed by atoms with Gasteiger partial charge in [-0.25, -0.2) is 4.79 Å². The van der Waals surface area contributed by atoms with E-state index in [9.17, 15) is 15.0 Å². The first-order valence-corrected chi connectivity index (χ1v) is 8.16. The molecule has 0 heterocycles. The number of hydrogen-bond donors (Lipinski definition) is 4. The summed E-state index contributed by atoms with van der Waals surface area (Å²) >= 11 is 0. The zero-order valence-corrected chi connectivity index (χ0v) is 12.9. The van der Waals surface area contributed by atoms with Gasteiger partial charge in [0.25, 0.3) is 0 Å². The second-order valence-corrected chi connectivity index (χ2v) is 6.01. The van der Waals surface area contributed by atoms with E-state index in [1.807, 2.05) is 0 Å². The van der Waals surface area contributed by atoms with E-state index in [0.29, 0.717) is 5.56 Å². The van der Waals surface area contributed by atoms with Crippen molar-refractivity contribution in [2.45, 2.75) is 57.1 Å². The number of aliphatic hydroxyl groups excluding tert-OH is 1. The second kappa shape index (κ2) is 8.63. The number of phenolic OH excluding ortho intramolecular Hbond substituents is 1. The molecule has 5 heteroatoms. The van der Waals surface area contributed by atoms with Crippen molar-refractivity contribution in [3.8, 4) is 5.75 Å². The van der Waals surface area contributed by atoms with E-state index in [2.05, 4.69) is 10.6 Å². The number of rotatable bonds is 4. The zero-order chi connectivity index (χ0) is 15.8. The molecule has 0 aliphatic heterocycles. The van der Waals surface area contributed by atoms with Gasteiger partial charge in [0.2, 0.25) is 0 Å². The highest BCUT2D eigenvalue weighted by atomic mass is 16.3. The number of aromatic hydroxyl groups is 1. The maximum atomic E-state index is 11.9.